The van der Waals surface area contributed by atoms with E-state index in [9.17, 15) is 9.90 Å². The number of primary amides is 1. The second-order valence-corrected chi connectivity index (χ2v) is 5.41. The molecule has 0 bridgehead atoms. The first-order chi connectivity index (χ1) is 11.1. The molecule has 0 spiro atoms. The Kier molecular flexibility index (Phi) is 3.95. The molecule has 1 aliphatic rings. The molecular formula is C18H17N3O2. The molecule has 5 heteroatoms. The number of carbonyl (C=O) groups is 1. The summed E-state index contributed by atoms with van der Waals surface area (Å²) in [6.07, 6.45) is 2.06. The third kappa shape index (κ3) is 3.00. The number of hydrogen-bond acceptors (Lipinski definition) is 3. The Hall–Kier alpha value is -2.92. The number of benzene rings is 2. The predicted octanol–water partition coefficient (Wildman–Crippen LogP) is 2.39. The number of amides is 2. The van der Waals surface area contributed by atoms with E-state index in [1.165, 1.54) is 0 Å². The van der Waals surface area contributed by atoms with Gasteiger partial charge in [-0.05, 0) is 22.8 Å². The van der Waals surface area contributed by atoms with Crippen LogP contribution in [0.1, 0.15) is 17.5 Å². The first-order valence-corrected chi connectivity index (χ1v) is 7.27. The molecule has 4 N–H and O–H groups in total. The van der Waals surface area contributed by atoms with Crippen molar-refractivity contribution in [1.82, 2.24) is 5.43 Å². The van der Waals surface area contributed by atoms with Gasteiger partial charge in [-0.3, -0.25) is 0 Å². The topological polar surface area (TPSA) is 87.7 Å². The zero-order valence-electron chi connectivity index (χ0n) is 12.4. The first-order valence-electron chi connectivity index (χ1n) is 7.27. The zero-order chi connectivity index (χ0) is 16.3. The summed E-state index contributed by atoms with van der Waals surface area (Å²) in [5.74, 6) is 0. The highest BCUT2D eigenvalue weighted by atomic mass is 16.3. The minimum absolute atomic E-state index is 0.265. The quantitative estimate of drug-likeness (QED) is 0.760. The van der Waals surface area contributed by atoms with E-state index < -0.39 is 11.6 Å². The summed E-state index contributed by atoms with van der Waals surface area (Å²) in [4.78, 5) is 10.9. The van der Waals surface area contributed by atoms with Gasteiger partial charge >= 0.3 is 6.03 Å². The van der Waals surface area contributed by atoms with Crippen molar-refractivity contribution in [2.75, 3.05) is 0 Å². The van der Waals surface area contributed by atoms with Crippen LogP contribution in [0.3, 0.4) is 0 Å². The molecule has 2 aromatic rings. The third-order valence-electron chi connectivity index (χ3n) is 3.84. The van der Waals surface area contributed by atoms with Gasteiger partial charge in [0.15, 0.2) is 0 Å². The fourth-order valence-corrected chi connectivity index (χ4v) is 2.80. The molecule has 0 fully saturated rings. The lowest BCUT2D eigenvalue weighted by Crippen LogP contribution is -2.27. The van der Waals surface area contributed by atoms with Gasteiger partial charge in [-0.2, -0.15) is 5.10 Å². The van der Waals surface area contributed by atoms with Gasteiger partial charge in [-0.25, -0.2) is 10.2 Å². The van der Waals surface area contributed by atoms with E-state index in [0.717, 1.165) is 16.7 Å². The number of aliphatic hydroxyl groups is 1. The Morgan fingerprint density at radius 2 is 1.70 bits per heavy atom. The fraction of sp³-hybridized carbons (Fsp3) is 0.111. The SMILES string of the molecule is NC(=O)N/N=C1\C=C(c2ccccc2)[C@](O)(c2ccccc2)C1. The van der Waals surface area contributed by atoms with E-state index in [0.29, 0.717) is 5.71 Å². The van der Waals surface area contributed by atoms with Crippen LogP contribution in [-0.2, 0) is 5.60 Å². The van der Waals surface area contributed by atoms with Crippen LogP contribution in [0.15, 0.2) is 71.8 Å². The van der Waals surface area contributed by atoms with Gasteiger partial charge in [0, 0.05) is 6.42 Å². The minimum atomic E-state index is -1.19. The third-order valence-corrected chi connectivity index (χ3v) is 3.84. The number of nitrogens with zero attached hydrogens (tertiary/aromatic N) is 1. The van der Waals surface area contributed by atoms with Crippen molar-refractivity contribution in [3.8, 4) is 0 Å². The number of hydrogen-bond donors (Lipinski definition) is 3. The Labute approximate surface area is 134 Å². The molecule has 2 aromatic carbocycles. The molecule has 23 heavy (non-hydrogen) atoms. The Morgan fingerprint density at radius 3 is 2.30 bits per heavy atom. The summed E-state index contributed by atoms with van der Waals surface area (Å²) in [6, 6.07) is 18.3. The van der Waals surface area contributed by atoms with Crippen LogP contribution in [0.5, 0.6) is 0 Å². The molecule has 0 heterocycles. The van der Waals surface area contributed by atoms with Crippen molar-refractivity contribution < 1.29 is 9.90 Å². The van der Waals surface area contributed by atoms with Gasteiger partial charge in [0.05, 0.1) is 5.71 Å². The molecule has 0 aromatic heterocycles. The smallest absolute Gasteiger partial charge is 0.332 e. The Bertz CT molecular complexity index is 769. The lowest BCUT2D eigenvalue weighted by atomic mass is 9.84. The van der Waals surface area contributed by atoms with Gasteiger partial charge in [0.25, 0.3) is 0 Å². The number of rotatable bonds is 3. The first kappa shape index (κ1) is 15.0. The molecule has 0 radical (unpaired) electrons. The largest absolute Gasteiger partial charge is 0.380 e. The normalized spacial score (nSPS) is 22.0. The maximum atomic E-state index is 11.3. The molecular weight excluding hydrogens is 290 g/mol. The molecule has 116 valence electrons. The molecule has 0 saturated heterocycles. The number of allylic oxidation sites excluding steroid dienone is 1. The van der Waals surface area contributed by atoms with Crippen molar-refractivity contribution >= 4 is 17.3 Å². The summed E-state index contributed by atoms with van der Waals surface area (Å²) in [5.41, 5.74) is 9.07. The van der Waals surface area contributed by atoms with Gasteiger partial charge in [-0.1, -0.05) is 60.7 Å². The van der Waals surface area contributed by atoms with Crippen LogP contribution < -0.4 is 11.2 Å². The van der Waals surface area contributed by atoms with Crippen LogP contribution in [0.25, 0.3) is 5.57 Å². The number of nitrogens with two attached hydrogens (primary N) is 1. The predicted molar refractivity (Wildman–Crippen MR) is 89.5 cm³/mol. The molecule has 5 nitrogen and oxygen atoms in total. The maximum Gasteiger partial charge on any atom is 0.332 e. The number of nitrogens with one attached hydrogen (secondary N) is 1. The van der Waals surface area contributed by atoms with Crippen LogP contribution in [-0.4, -0.2) is 16.8 Å². The highest BCUT2D eigenvalue weighted by Crippen LogP contribution is 2.43. The number of carbonyl (C=O) groups excluding carboxylic acids is 1. The average molecular weight is 307 g/mol. The van der Waals surface area contributed by atoms with E-state index in [4.69, 9.17) is 5.73 Å². The van der Waals surface area contributed by atoms with Crippen LogP contribution in [0.4, 0.5) is 4.79 Å². The molecule has 1 aliphatic carbocycles. The van der Waals surface area contributed by atoms with Gasteiger partial charge in [0.2, 0.25) is 0 Å². The highest BCUT2D eigenvalue weighted by molar-refractivity contribution is 6.08. The lowest BCUT2D eigenvalue weighted by Gasteiger charge is -2.27. The lowest BCUT2D eigenvalue weighted by molar-refractivity contribution is 0.113. The van der Waals surface area contributed by atoms with E-state index in [1.54, 1.807) is 6.08 Å². The van der Waals surface area contributed by atoms with E-state index in [-0.39, 0.29) is 6.42 Å². The average Bonchev–Trinajstić information content (AvgIpc) is 2.93. The second kappa shape index (κ2) is 6.06. The van der Waals surface area contributed by atoms with Gasteiger partial charge in [-0.15, -0.1) is 0 Å². The molecule has 0 saturated carbocycles. The summed E-state index contributed by atoms with van der Waals surface area (Å²) >= 11 is 0. The van der Waals surface area contributed by atoms with Crippen LogP contribution >= 0.6 is 0 Å². The van der Waals surface area contributed by atoms with Gasteiger partial charge in [0.1, 0.15) is 5.60 Å². The summed E-state index contributed by atoms with van der Waals surface area (Å²) in [5, 5.41) is 15.3. The molecule has 2 amide bonds. The summed E-state index contributed by atoms with van der Waals surface area (Å²) in [7, 11) is 0. The van der Waals surface area contributed by atoms with Crippen molar-refractivity contribution in [2.24, 2.45) is 10.8 Å². The van der Waals surface area contributed by atoms with Crippen molar-refractivity contribution in [2.45, 2.75) is 12.0 Å². The molecule has 0 unspecified atom stereocenters. The molecule has 1 atom stereocenters. The molecule has 3 rings (SSSR count). The highest BCUT2D eigenvalue weighted by Gasteiger charge is 2.40. The van der Waals surface area contributed by atoms with Crippen molar-refractivity contribution in [3.05, 3.63) is 77.9 Å². The minimum Gasteiger partial charge on any atom is -0.380 e. The Morgan fingerprint density at radius 1 is 1.09 bits per heavy atom. The fourth-order valence-electron chi connectivity index (χ4n) is 2.80. The Balaban J connectivity index is 2.07. The van der Waals surface area contributed by atoms with E-state index >= 15 is 0 Å². The standard InChI is InChI=1S/C18H17N3O2/c19-17(22)21-20-15-11-16(13-7-3-1-4-8-13)18(23,12-15)14-9-5-2-6-10-14/h1-11,23H,12H2,(H3,19,21,22)/b20-15+/t18-/m1/s1. The summed E-state index contributed by atoms with van der Waals surface area (Å²) in [6.45, 7) is 0. The zero-order valence-corrected chi connectivity index (χ0v) is 12.4. The van der Waals surface area contributed by atoms with Crippen molar-refractivity contribution in [3.63, 3.8) is 0 Å². The monoisotopic (exact) mass is 307 g/mol. The summed E-state index contributed by atoms with van der Waals surface area (Å²) < 4.78 is 0. The van der Waals surface area contributed by atoms with Gasteiger partial charge < -0.3 is 10.8 Å². The van der Waals surface area contributed by atoms with Crippen molar-refractivity contribution in [1.29, 1.82) is 0 Å². The van der Waals surface area contributed by atoms with E-state index in [2.05, 4.69) is 10.5 Å². The van der Waals surface area contributed by atoms with Crippen LogP contribution in [0.2, 0.25) is 0 Å². The maximum absolute atomic E-state index is 11.3. The second-order valence-electron chi connectivity index (χ2n) is 5.41. The number of urea groups is 1. The van der Waals surface area contributed by atoms with E-state index in [1.807, 2.05) is 60.7 Å². The van der Waals surface area contributed by atoms with Crippen LogP contribution in [0, 0.1) is 0 Å². The molecule has 0 aliphatic heterocycles. The number of hydrazone groups is 1.